The maximum atomic E-state index is 2.40. The van der Waals surface area contributed by atoms with Crippen LogP contribution in [0.25, 0.3) is 0 Å². The summed E-state index contributed by atoms with van der Waals surface area (Å²) < 4.78 is 1.35. The van der Waals surface area contributed by atoms with E-state index in [9.17, 15) is 0 Å². The van der Waals surface area contributed by atoms with Crippen LogP contribution in [0.4, 0.5) is 0 Å². The van der Waals surface area contributed by atoms with Crippen molar-refractivity contribution in [2.75, 3.05) is 28.2 Å². The van der Waals surface area contributed by atoms with Crippen molar-refractivity contribution in [1.82, 2.24) is 9.80 Å². The van der Waals surface area contributed by atoms with Crippen molar-refractivity contribution < 1.29 is 0 Å². The van der Waals surface area contributed by atoms with Gasteiger partial charge in [0.25, 0.3) is 0 Å². The van der Waals surface area contributed by atoms with Crippen LogP contribution in [0.5, 0.6) is 0 Å². The molecule has 1 aromatic carbocycles. The van der Waals surface area contributed by atoms with Crippen molar-refractivity contribution in [1.29, 1.82) is 0 Å². The van der Waals surface area contributed by atoms with E-state index in [0.717, 1.165) is 13.1 Å². The molecule has 0 saturated carbocycles. The first-order valence-corrected chi connectivity index (χ1v) is 6.13. The van der Waals surface area contributed by atoms with Gasteiger partial charge in [-0.05, 0) is 68.0 Å². The molecule has 15 heavy (non-hydrogen) atoms. The summed E-state index contributed by atoms with van der Waals surface area (Å²) in [5.41, 5.74) is 2.80. The molecule has 0 amide bonds. The molecule has 0 saturated heterocycles. The third-order valence-electron chi connectivity index (χ3n) is 2.10. The van der Waals surface area contributed by atoms with Crippen LogP contribution >= 0.6 is 22.6 Å². The van der Waals surface area contributed by atoms with Crippen LogP contribution in [0.3, 0.4) is 0 Å². The van der Waals surface area contributed by atoms with Gasteiger partial charge in [-0.15, -0.1) is 0 Å². The van der Waals surface area contributed by atoms with E-state index >= 15 is 0 Å². The molecule has 1 rings (SSSR count). The fraction of sp³-hybridized carbons (Fsp3) is 0.500. The van der Waals surface area contributed by atoms with E-state index in [2.05, 4.69) is 78.8 Å². The Morgan fingerprint density at radius 1 is 1.00 bits per heavy atom. The molecule has 0 fully saturated rings. The molecule has 0 aliphatic carbocycles. The average Bonchev–Trinajstić information content (AvgIpc) is 2.09. The predicted molar refractivity (Wildman–Crippen MR) is 73.9 cm³/mol. The fourth-order valence-corrected chi connectivity index (χ4v) is 2.06. The number of rotatable bonds is 4. The fourth-order valence-electron chi connectivity index (χ4n) is 1.55. The van der Waals surface area contributed by atoms with Crippen molar-refractivity contribution in [3.63, 3.8) is 0 Å². The molecule has 1 aromatic rings. The second kappa shape index (κ2) is 5.82. The zero-order valence-corrected chi connectivity index (χ0v) is 12.1. The summed E-state index contributed by atoms with van der Waals surface area (Å²) in [6, 6.07) is 6.72. The Morgan fingerprint density at radius 2 is 1.60 bits per heavy atom. The maximum absolute atomic E-state index is 2.40. The summed E-state index contributed by atoms with van der Waals surface area (Å²) in [6.07, 6.45) is 0. The van der Waals surface area contributed by atoms with Crippen molar-refractivity contribution in [3.8, 4) is 0 Å². The lowest BCUT2D eigenvalue weighted by Crippen LogP contribution is -2.14. The van der Waals surface area contributed by atoms with Gasteiger partial charge < -0.3 is 9.80 Å². The van der Waals surface area contributed by atoms with Gasteiger partial charge in [-0.25, -0.2) is 0 Å². The van der Waals surface area contributed by atoms with Gasteiger partial charge in [-0.2, -0.15) is 0 Å². The van der Waals surface area contributed by atoms with Gasteiger partial charge in [-0.1, -0.05) is 12.1 Å². The highest BCUT2D eigenvalue weighted by Crippen LogP contribution is 2.16. The highest BCUT2D eigenvalue weighted by molar-refractivity contribution is 14.1. The first kappa shape index (κ1) is 12.9. The Labute approximate surface area is 106 Å². The van der Waals surface area contributed by atoms with Crippen molar-refractivity contribution in [2.45, 2.75) is 13.1 Å². The van der Waals surface area contributed by atoms with E-state index in [1.54, 1.807) is 0 Å². The smallest absolute Gasteiger partial charge is 0.0238 e. The highest BCUT2D eigenvalue weighted by atomic mass is 127. The van der Waals surface area contributed by atoms with Crippen molar-refractivity contribution in [2.24, 2.45) is 0 Å². The summed E-state index contributed by atoms with van der Waals surface area (Å²) in [5, 5.41) is 0. The Kier molecular flexibility index (Phi) is 5.02. The Balaban J connectivity index is 2.85. The highest BCUT2D eigenvalue weighted by Gasteiger charge is 2.03. The lowest BCUT2D eigenvalue weighted by atomic mass is 10.1. The van der Waals surface area contributed by atoms with Crippen LogP contribution < -0.4 is 0 Å². The van der Waals surface area contributed by atoms with Gasteiger partial charge in [-0.3, -0.25) is 0 Å². The molecule has 0 bridgehead atoms. The van der Waals surface area contributed by atoms with Crippen LogP contribution in [0.1, 0.15) is 11.1 Å². The molecule has 0 aliphatic rings. The monoisotopic (exact) mass is 318 g/mol. The normalized spacial score (nSPS) is 11.4. The van der Waals surface area contributed by atoms with Gasteiger partial charge in [0.2, 0.25) is 0 Å². The average molecular weight is 318 g/mol. The quantitative estimate of drug-likeness (QED) is 0.787. The zero-order valence-electron chi connectivity index (χ0n) is 9.92. The molecular formula is C12H19IN2. The largest absolute Gasteiger partial charge is 0.305 e. The van der Waals surface area contributed by atoms with Crippen LogP contribution in [0.2, 0.25) is 0 Å². The minimum absolute atomic E-state index is 1.01. The summed E-state index contributed by atoms with van der Waals surface area (Å²) in [5.74, 6) is 0. The molecular weight excluding hydrogens is 299 g/mol. The van der Waals surface area contributed by atoms with E-state index in [0.29, 0.717) is 0 Å². The third kappa shape index (κ3) is 4.49. The molecule has 0 radical (unpaired) electrons. The first-order valence-electron chi connectivity index (χ1n) is 5.06. The zero-order chi connectivity index (χ0) is 11.4. The number of nitrogens with zero attached hydrogens (tertiary/aromatic N) is 2. The van der Waals surface area contributed by atoms with E-state index in [1.807, 2.05) is 0 Å². The first-order chi connectivity index (χ1) is 6.99. The second-order valence-electron chi connectivity index (χ2n) is 4.40. The Hall–Kier alpha value is -0.130. The lowest BCUT2D eigenvalue weighted by molar-refractivity contribution is 0.395. The number of hydrogen-bond donors (Lipinski definition) is 0. The van der Waals surface area contributed by atoms with E-state index in [4.69, 9.17) is 0 Å². The van der Waals surface area contributed by atoms with E-state index in [1.165, 1.54) is 14.7 Å². The summed E-state index contributed by atoms with van der Waals surface area (Å²) in [6.45, 7) is 2.02. The van der Waals surface area contributed by atoms with Gasteiger partial charge in [0.05, 0.1) is 0 Å². The SMILES string of the molecule is CN(C)Cc1ccc(I)c(CN(C)C)c1. The Morgan fingerprint density at radius 3 is 2.13 bits per heavy atom. The standard InChI is InChI=1S/C12H19IN2/c1-14(2)8-10-5-6-12(13)11(7-10)9-15(3)4/h5-7H,8-9H2,1-4H3. The van der Waals surface area contributed by atoms with Crippen LogP contribution in [-0.4, -0.2) is 38.0 Å². The topological polar surface area (TPSA) is 6.48 Å². The predicted octanol–water partition coefficient (Wildman–Crippen LogP) is 2.41. The van der Waals surface area contributed by atoms with E-state index in [-0.39, 0.29) is 0 Å². The summed E-state index contributed by atoms with van der Waals surface area (Å²) >= 11 is 2.40. The molecule has 0 unspecified atom stereocenters. The molecule has 84 valence electrons. The number of hydrogen-bond acceptors (Lipinski definition) is 2. The minimum atomic E-state index is 1.01. The van der Waals surface area contributed by atoms with Crippen molar-refractivity contribution in [3.05, 3.63) is 32.9 Å². The van der Waals surface area contributed by atoms with Crippen LogP contribution in [0, 0.1) is 3.57 Å². The maximum Gasteiger partial charge on any atom is 0.0238 e. The number of benzene rings is 1. The summed E-state index contributed by atoms with van der Waals surface area (Å²) in [4.78, 5) is 4.40. The number of halogens is 1. The molecule has 0 aromatic heterocycles. The van der Waals surface area contributed by atoms with Crippen LogP contribution in [0.15, 0.2) is 18.2 Å². The minimum Gasteiger partial charge on any atom is -0.305 e. The molecule has 0 atom stereocenters. The molecule has 0 spiro atoms. The molecule has 2 nitrogen and oxygen atoms in total. The Bertz CT molecular complexity index is 321. The lowest BCUT2D eigenvalue weighted by Gasteiger charge is -2.15. The van der Waals surface area contributed by atoms with Gasteiger partial charge >= 0.3 is 0 Å². The van der Waals surface area contributed by atoms with Crippen molar-refractivity contribution >= 4 is 22.6 Å². The van der Waals surface area contributed by atoms with Gasteiger partial charge in [0.1, 0.15) is 0 Å². The molecule has 3 heteroatoms. The van der Waals surface area contributed by atoms with Gasteiger partial charge in [0, 0.05) is 16.7 Å². The van der Waals surface area contributed by atoms with E-state index < -0.39 is 0 Å². The van der Waals surface area contributed by atoms with Crippen LogP contribution in [-0.2, 0) is 13.1 Å². The van der Waals surface area contributed by atoms with Gasteiger partial charge in [0.15, 0.2) is 0 Å². The second-order valence-corrected chi connectivity index (χ2v) is 5.56. The molecule has 0 aliphatic heterocycles. The summed E-state index contributed by atoms with van der Waals surface area (Å²) in [7, 11) is 8.41. The third-order valence-corrected chi connectivity index (χ3v) is 3.15. The molecule has 0 N–H and O–H groups in total. The molecule has 0 heterocycles.